The fourth-order valence-electron chi connectivity index (χ4n) is 1.07. The van der Waals surface area contributed by atoms with Crippen molar-refractivity contribution in [2.45, 2.75) is 16.2 Å². The molecule has 1 N–H and O–H groups in total. The van der Waals surface area contributed by atoms with Crippen molar-refractivity contribution in [1.82, 2.24) is 5.32 Å². The van der Waals surface area contributed by atoms with Crippen LogP contribution in [0.3, 0.4) is 0 Å². The molecule has 1 aromatic rings. The maximum atomic E-state index is 11.7. The zero-order valence-corrected chi connectivity index (χ0v) is 11.3. The minimum atomic E-state index is -1.74. The van der Waals surface area contributed by atoms with Crippen molar-refractivity contribution < 1.29 is 4.79 Å². The number of carbonyl (C=O) groups excluding carboxylic acids is 1. The Balaban J connectivity index is 2.74. The Hall–Kier alpha value is -0.150. The van der Waals surface area contributed by atoms with E-state index in [1.165, 1.54) is 0 Å². The van der Waals surface area contributed by atoms with Crippen molar-refractivity contribution in [3.05, 3.63) is 35.4 Å². The Bertz CT molecular complexity index is 389. The third-order valence-corrected chi connectivity index (χ3v) is 3.25. The average Bonchev–Trinajstić information content (AvgIpc) is 2.16. The van der Waals surface area contributed by atoms with Crippen LogP contribution in [-0.2, 0) is 0 Å². The standard InChI is InChI=1S/C10H9Cl4NO/c1-6-3-2-4-7(5-6)8(16)15-9(11)10(12,13)14/h2-5,9H,1H3,(H,15,16)/t9-/m0/s1. The summed E-state index contributed by atoms with van der Waals surface area (Å²) < 4.78 is -1.74. The van der Waals surface area contributed by atoms with Gasteiger partial charge in [-0.2, -0.15) is 0 Å². The molecule has 1 amide bonds. The number of halogens is 4. The van der Waals surface area contributed by atoms with Crippen LogP contribution in [0.5, 0.6) is 0 Å². The smallest absolute Gasteiger partial charge is 0.252 e. The monoisotopic (exact) mass is 299 g/mol. The lowest BCUT2D eigenvalue weighted by Gasteiger charge is -2.19. The van der Waals surface area contributed by atoms with Crippen molar-refractivity contribution in [2.24, 2.45) is 0 Å². The van der Waals surface area contributed by atoms with Gasteiger partial charge in [-0.15, -0.1) is 0 Å². The SMILES string of the molecule is Cc1cccc(C(=O)N[C@H](Cl)C(Cl)(Cl)Cl)c1. The molecule has 2 nitrogen and oxygen atoms in total. The Morgan fingerprint density at radius 3 is 2.50 bits per heavy atom. The molecule has 0 spiro atoms. The molecule has 6 heteroatoms. The number of aryl methyl sites for hydroxylation is 1. The van der Waals surface area contributed by atoms with Crippen LogP contribution >= 0.6 is 46.4 Å². The zero-order chi connectivity index (χ0) is 12.3. The molecule has 16 heavy (non-hydrogen) atoms. The first kappa shape index (κ1) is 13.9. The lowest BCUT2D eigenvalue weighted by atomic mass is 10.1. The minimum Gasteiger partial charge on any atom is -0.332 e. The number of rotatable bonds is 2. The maximum absolute atomic E-state index is 11.7. The molecule has 0 saturated carbocycles. The first-order valence-electron chi connectivity index (χ1n) is 4.39. The summed E-state index contributed by atoms with van der Waals surface area (Å²) in [5.74, 6) is -0.380. The number of alkyl halides is 4. The summed E-state index contributed by atoms with van der Waals surface area (Å²) in [6, 6.07) is 7.02. The number of hydrogen-bond acceptors (Lipinski definition) is 1. The van der Waals surface area contributed by atoms with Crippen molar-refractivity contribution >= 4 is 52.3 Å². The summed E-state index contributed by atoms with van der Waals surface area (Å²) >= 11 is 22.3. The Morgan fingerprint density at radius 1 is 1.38 bits per heavy atom. The number of benzene rings is 1. The normalized spacial score (nSPS) is 13.3. The molecule has 1 atom stereocenters. The highest BCUT2D eigenvalue weighted by molar-refractivity contribution is 6.70. The summed E-state index contributed by atoms with van der Waals surface area (Å²) in [6.07, 6.45) is 0. The summed E-state index contributed by atoms with van der Waals surface area (Å²) in [4.78, 5) is 11.7. The molecule has 1 rings (SSSR count). The highest BCUT2D eigenvalue weighted by atomic mass is 35.6. The highest BCUT2D eigenvalue weighted by Gasteiger charge is 2.32. The van der Waals surface area contributed by atoms with E-state index in [-0.39, 0.29) is 5.91 Å². The maximum Gasteiger partial charge on any atom is 0.252 e. The van der Waals surface area contributed by atoms with Gasteiger partial charge in [-0.05, 0) is 19.1 Å². The van der Waals surface area contributed by atoms with E-state index >= 15 is 0 Å². The molecular formula is C10H9Cl4NO. The van der Waals surface area contributed by atoms with E-state index < -0.39 is 9.29 Å². The molecular weight excluding hydrogens is 292 g/mol. The second-order valence-electron chi connectivity index (χ2n) is 3.25. The van der Waals surface area contributed by atoms with Gasteiger partial charge in [0, 0.05) is 5.56 Å². The average molecular weight is 301 g/mol. The molecule has 0 aliphatic heterocycles. The van der Waals surface area contributed by atoms with Crippen molar-refractivity contribution in [1.29, 1.82) is 0 Å². The molecule has 0 aliphatic carbocycles. The highest BCUT2D eigenvalue weighted by Crippen LogP contribution is 2.32. The van der Waals surface area contributed by atoms with Crippen LogP contribution in [0.15, 0.2) is 24.3 Å². The van der Waals surface area contributed by atoms with E-state index in [4.69, 9.17) is 46.4 Å². The van der Waals surface area contributed by atoms with Crippen LogP contribution < -0.4 is 5.32 Å². The van der Waals surface area contributed by atoms with E-state index in [2.05, 4.69) is 5.32 Å². The molecule has 0 radical (unpaired) electrons. The fourth-order valence-corrected chi connectivity index (χ4v) is 1.33. The lowest BCUT2D eigenvalue weighted by molar-refractivity contribution is 0.0949. The molecule has 1 aromatic carbocycles. The van der Waals surface area contributed by atoms with Gasteiger partial charge in [-0.3, -0.25) is 4.79 Å². The lowest BCUT2D eigenvalue weighted by Crippen LogP contribution is -2.39. The fraction of sp³-hybridized carbons (Fsp3) is 0.300. The van der Waals surface area contributed by atoms with Gasteiger partial charge in [0.15, 0.2) is 5.50 Å². The van der Waals surface area contributed by atoms with Crippen LogP contribution in [0.25, 0.3) is 0 Å². The summed E-state index contributed by atoms with van der Waals surface area (Å²) in [5, 5.41) is 2.39. The molecule has 0 saturated heterocycles. The van der Waals surface area contributed by atoms with Crippen molar-refractivity contribution in [2.75, 3.05) is 0 Å². The summed E-state index contributed by atoms with van der Waals surface area (Å²) in [5.41, 5.74) is 0.359. The van der Waals surface area contributed by atoms with E-state index in [0.717, 1.165) is 5.56 Å². The minimum absolute atomic E-state index is 0.380. The second-order valence-corrected chi connectivity index (χ2v) is 6.05. The quantitative estimate of drug-likeness (QED) is 0.655. The topological polar surface area (TPSA) is 29.1 Å². The van der Waals surface area contributed by atoms with Gasteiger partial charge in [-0.25, -0.2) is 0 Å². The molecule has 88 valence electrons. The number of carbonyl (C=O) groups is 1. The first-order valence-corrected chi connectivity index (χ1v) is 5.96. The Kier molecular flexibility index (Phi) is 4.74. The van der Waals surface area contributed by atoms with Crippen LogP contribution in [0.2, 0.25) is 0 Å². The van der Waals surface area contributed by atoms with Gasteiger partial charge in [0.1, 0.15) is 0 Å². The zero-order valence-electron chi connectivity index (χ0n) is 8.31. The van der Waals surface area contributed by atoms with E-state index in [0.29, 0.717) is 5.56 Å². The predicted molar refractivity (Wildman–Crippen MR) is 68.6 cm³/mol. The van der Waals surface area contributed by atoms with E-state index in [1.807, 2.05) is 13.0 Å². The summed E-state index contributed by atoms with van der Waals surface area (Å²) in [7, 11) is 0. The molecule has 0 aliphatic rings. The largest absolute Gasteiger partial charge is 0.332 e. The van der Waals surface area contributed by atoms with Crippen LogP contribution in [0, 0.1) is 6.92 Å². The van der Waals surface area contributed by atoms with Crippen LogP contribution in [0.4, 0.5) is 0 Å². The molecule has 0 bridgehead atoms. The van der Waals surface area contributed by atoms with E-state index in [1.54, 1.807) is 18.2 Å². The first-order chi connectivity index (χ1) is 7.30. The van der Waals surface area contributed by atoms with Gasteiger partial charge in [0.05, 0.1) is 0 Å². The van der Waals surface area contributed by atoms with Crippen LogP contribution in [-0.4, -0.2) is 15.2 Å². The Morgan fingerprint density at radius 2 is 2.00 bits per heavy atom. The molecule has 0 fully saturated rings. The van der Waals surface area contributed by atoms with Gasteiger partial charge in [-0.1, -0.05) is 64.1 Å². The number of hydrogen-bond donors (Lipinski definition) is 1. The van der Waals surface area contributed by atoms with Crippen LogP contribution in [0.1, 0.15) is 15.9 Å². The van der Waals surface area contributed by atoms with Crippen molar-refractivity contribution in [3.8, 4) is 0 Å². The molecule has 0 unspecified atom stereocenters. The van der Waals surface area contributed by atoms with Gasteiger partial charge in [0.2, 0.25) is 3.79 Å². The third kappa shape index (κ3) is 4.02. The molecule has 0 heterocycles. The predicted octanol–water partition coefficient (Wildman–Crippen LogP) is 3.66. The molecule has 0 aromatic heterocycles. The number of amides is 1. The van der Waals surface area contributed by atoms with E-state index in [9.17, 15) is 4.79 Å². The second kappa shape index (κ2) is 5.46. The van der Waals surface area contributed by atoms with Gasteiger partial charge < -0.3 is 5.32 Å². The number of nitrogens with one attached hydrogen (secondary N) is 1. The van der Waals surface area contributed by atoms with Crippen molar-refractivity contribution in [3.63, 3.8) is 0 Å². The summed E-state index contributed by atoms with van der Waals surface area (Å²) in [6.45, 7) is 1.88. The van der Waals surface area contributed by atoms with Gasteiger partial charge in [0.25, 0.3) is 5.91 Å². The Labute approximate surface area is 114 Å². The third-order valence-electron chi connectivity index (χ3n) is 1.83. The van der Waals surface area contributed by atoms with Gasteiger partial charge >= 0.3 is 0 Å².